The summed E-state index contributed by atoms with van der Waals surface area (Å²) in [5.74, 6) is -2.49. The van der Waals surface area contributed by atoms with Crippen molar-refractivity contribution in [3.05, 3.63) is 16.8 Å². The van der Waals surface area contributed by atoms with Gasteiger partial charge >= 0.3 is 11.7 Å². The molecule has 10 heteroatoms. The Morgan fingerprint density at radius 2 is 2.15 bits per heavy atom. The highest BCUT2D eigenvalue weighted by Crippen LogP contribution is 2.32. The Morgan fingerprint density at radius 3 is 2.70 bits per heavy atom. The van der Waals surface area contributed by atoms with Crippen molar-refractivity contribution in [2.75, 3.05) is 5.73 Å². The Bertz CT molecular complexity index is 575. The van der Waals surface area contributed by atoms with E-state index in [2.05, 4.69) is 9.97 Å². The first kappa shape index (κ1) is 14.4. The first-order chi connectivity index (χ1) is 9.32. The van der Waals surface area contributed by atoms with Crippen molar-refractivity contribution in [1.29, 1.82) is 0 Å². The number of ether oxygens (including phenoxy) is 1. The van der Waals surface area contributed by atoms with Crippen LogP contribution in [0.5, 0.6) is 0 Å². The van der Waals surface area contributed by atoms with Crippen LogP contribution in [0.4, 0.5) is 5.95 Å². The molecule has 1 aromatic heterocycles. The maximum Gasteiger partial charge on any atom is 0.354 e. The first-order valence-corrected chi connectivity index (χ1v) is 5.78. The van der Waals surface area contributed by atoms with Crippen molar-refractivity contribution >= 4 is 11.9 Å². The van der Waals surface area contributed by atoms with Gasteiger partial charge in [-0.25, -0.2) is 9.78 Å². The number of aromatic nitrogens is 3. The van der Waals surface area contributed by atoms with Gasteiger partial charge in [-0.3, -0.25) is 9.36 Å². The van der Waals surface area contributed by atoms with Crippen molar-refractivity contribution in [2.24, 2.45) is 5.92 Å². The SMILES string of the molecule is CC(C(=O)O)[C@H]1O[C@@H](n2cnc(N)nc2=O)[C@H](O)[C@@H]1O. The number of carboxylic acids is 1. The van der Waals surface area contributed by atoms with Gasteiger partial charge in [0.2, 0.25) is 5.95 Å². The number of nitrogens with zero attached hydrogens (tertiary/aromatic N) is 3. The summed E-state index contributed by atoms with van der Waals surface area (Å²) in [4.78, 5) is 29.5. The van der Waals surface area contributed by atoms with Gasteiger partial charge in [-0.2, -0.15) is 4.98 Å². The van der Waals surface area contributed by atoms with Crippen LogP contribution in [-0.4, -0.2) is 54.1 Å². The van der Waals surface area contributed by atoms with Crippen molar-refractivity contribution in [3.63, 3.8) is 0 Å². The highest BCUT2D eigenvalue weighted by molar-refractivity contribution is 5.70. The number of rotatable bonds is 3. The summed E-state index contributed by atoms with van der Waals surface area (Å²) in [6, 6.07) is 0. The number of aliphatic hydroxyl groups is 2. The first-order valence-electron chi connectivity index (χ1n) is 5.78. The highest BCUT2D eigenvalue weighted by atomic mass is 16.6. The molecule has 10 nitrogen and oxygen atoms in total. The van der Waals surface area contributed by atoms with Crippen LogP contribution in [0.1, 0.15) is 13.2 Å². The van der Waals surface area contributed by atoms with E-state index in [9.17, 15) is 19.8 Å². The Labute approximate surface area is 112 Å². The van der Waals surface area contributed by atoms with E-state index in [4.69, 9.17) is 15.6 Å². The normalized spacial score (nSPS) is 31.1. The largest absolute Gasteiger partial charge is 0.481 e. The second kappa shape index (κ2) is 5.15. The Hall–Kier alpha value is -2.04. The van der Waals surface area contributed by atoms with E-state index in [-0.39, 0.29) is 5.95 Å². The number of hydrogen-bond donors (Lipinski definition) is 4. The van der Waals surface area contributed by atoms with E-state index in [1.54, 1.807) is 0 Å². The zero-order chi connectivity index (χ0) is 15.0. The topological polar surface area (TPSA) is 161 Å². The zero-order valence-electron chi connectivity index (χ0n) is 10.4. The number of anilines is 1. The summed E-state index contributed by atoms with van der Waals surface area (Å²) in [5, 5.41) is 28.6. The molecule has 2 rings (SSSR count). The van der Waals surface area contributed by atoms with E-state index in [1.165, 1.54) is 6.92 Å². The van der Waals surface area contributed by atoms with Gasteiger partial charge in [0.05, 0.1) is 5.92 Å². The van der Waals surface area contributed by atoms with Crippen molar-refractivity contribution in [1.82, 2.24) is 14.5 Å². The minimum Gasteiger partial charge on any atom is -0.481 e. The average molecular weight is 286 g/mol. The number of carboxylic acid groups (broad SMARTS) is 1. The highest BCUT2D eigenvalue weighted by Gasteiger charge is 2.48. The van der Waals surface area contributed by atoms with Crippen LogP contribution in [-0.2, 0) is 9.53 Å². The van der Waals surface area contributed by atoms with Crippen LogP contribution in [0.2, 0.25) is 0 Å². The molecule has 0 aliphatic carbocycles. The molecule has 1 aromatic rings. The molecule has 110 valence electrons. The van der Waals surface area contributed by atoms with Crippen LogP contribution < -0.4 is 11.4 Å². The Balaban J connectivity index is 2.30. The number of hydrogen-bond acceptors (Lipinski definition) is 8. The van der Waals surface area contributed by atoms with Gasteiger partial charge < -0.3 is 25.8 Å². The molecule has 5 atom stereocenters. The van der Waals surface area contributed by atoms with Crippen LogP contribution in [0, 0.1) is 5.92 Å². The summed E-state index contributed by atoms with van der Waals surface area (Å²) >= 11 is 0. The fraction of sp³-hybridized carbons (Fsp3) is 0.600. The maximum atomic E-state index is 11.6. The van der Waals surface area contributed by atoms with Gasteiger partial charge in [-0.05, 0) is 6.92 Å². The Kier molecular flexibility index (Phi) is 3.70. The molecule has 1 unspecified atom stereocenters. The van der Waals surface area contributed by atoms with E-state index >= 15 is 0 Å². The average Bonchev–Trinajstić information content (AvgIpc) is 2.66. The minimum atomic E-state index is -1.48. The van der Waals surface area contributed by atoms with Gasteiger partial charge in [0.25, 0.3) is 0 Å². The molecule has 2 heterocycles. The second-order valence-electron chi connectivity index (χ2n) is 4.50. The number of carbonyl (C=O) groups is 1. The van der Waals surface area contributed by atoms with Gasteiger partial charge in [0.1, 0.15) is 24.6 Å². The molecule has 0 bridgehead atoms. The number of nitrogens with two attached hydrogens (primary N) is 1. The number of aliphatic hydroxyl groups excluding tert-OH is 2. The van der Waals surface area contributed by atoms with E-state index in [0.29, 0.717) is 0 Å². The monoisotopic (exact) mass is 286 g/mol. The van der Waals surface area contributed by atoms with Crippen molar-refractivity contribution in [2.45, 2.75) is 31.5 Å². The Morgan fingerprint density at radius 1 is 1.50 bits per heavy atom. The fourth-order valence-electron chi connectivity index (χ4n) is 2.00. The summed E-state index contributed by atoms with van der Waals surface area (Å²) in [5.41, 5.74) is 4.42. The van der Waals surface area contributed by atoms with E-state index in [0.717, 1.165) is 10.9 Å². The lowest BCUT2D eigenvalue weighted by molar-refractivity contribution is -0.149. The predicted octanol–water partition coefficient (Wildman–Crippen LogP) is -2.44. The van der Waals surface area contributed by atoms with Gasteiger partial charge in [-0.1, -0.05) is 0 Å². The summed E-state index contributed by atoms with van der Waals surface area (Å²) in [7, 11) is 0. The van der Waals surface area contributed by atoms with Crippen LogP contribution in [0.25, 0.3) is 0 Å². The van der Waals surface area contributed by atoms with Crippen LogP contribution in [0.3, 0.4) is 0 Å². The lowest BCUT2D eigenvalue weighted by atomic mass is 9.99. The molecule has 1 aliphatic rings. The molecule has 20 heavy (non-hydrogen) atoms. The zero-order valence-corrected chi connectivity index (χ0v) is 10.4. The van der Waals surface area contributed by atoms with Crippen molar-refractivity contribution < 1.29 is 24.9 Å². The molecule has 1 saturated heterocycles. The third-order valence-corrected chi connectivity index (χ3v) is 3.18. The number of nitrogen functional groups attached to an aromatic ring is 1. The summed E-state index contributed by atoms with van der Waals surface area (Å²) < 4.78 is 6.12. The molecule has 1 aliphatic heterocycles. The molecular weight excluding hydrogens is 272 g/mol. The molecule has 0 radical (unpaired) electrons. The lowest BCUT2D eigenvalue weighted by Gasteiger charge is -2.18. The molecule has 5 N–H and O–H groups in total. The third kappa shape index (κ3) is 2.35. The van der Waals surface area contributed by atoms with E-state index < -0.39 is 42.1 Å². The summed E-state index contributed by atoms with van der Waals surface area (Å²) in [6.45, 7) is 1.33. The third-order valence-electron chi connectivity index (χ3n) is 3.18. The number of aliphatic carboxylic acids is 1. The smallest absolute Gasteiger partial charge is 0.354 e. The molecule has 1 fully saturated rings. The second-order valence-corrected chi connectivity index (χ2v) is 4.50. The molecule has 0 amide bonds. The molecule has 0 aromatic carbocycles. The van der Waals surface area contributed by atoms with Crippen molar-refractivity contribution in [3.8, 4) is 0 Å². The van der Waals surface area contributed by atoms with Gasteiger partial charge in [0, 0.05) is 0 Å². The minimum absolute atomic E-state index is 0.241. The van der Waals surface area contributed by atoms with E-state index in [1.807, 2.05) is 0 Å². The fourth-order valence-corrected chi connectivity index (χ4v) is 2.00. The van der Waals surface area contributed by atoms with Crippen LogP contribution in [0.15, 0.2) is 11.1 Å². The molecular formula is C10H14N4O6. The van der Waals surface area contributed by atoms with Gasteiger partial charge in [-0.15, -0.1) is 0 Å². The molecule has 0 spiro atoms. The van der Waals surface area contributed by atoms with Crippen LogP contribution >= 0.6 is 0 Å². The summed E-state index contributed by atoms with van der Waals surface area (Å²) in [6.07, 6.45) is -4.34. The van der Waals surface area contributed by atoms with Gasteiger partial charge in [0.15, 0.2) is 6.23 Å². The quantitative estimate of drug-likeness (QED) is 0.473. The predicted molar refractivity (Wildman–Crippen MR) is 63.4 cm³/mol. The standard InChI is InChI=1S/C10H14N4O6/c1-3(8(17)18)6-4(15)5(16)7(20-6)14-2-12-9(11)13-10(14)19/h2-7,15-16H,1H3,(H,17,18)(H2,11,13,19)/t3?,4-,5+,6+,7+/m0/s1. The lowest BCUT2D eigenvalue weighted by Crippen LogP contribution is -2.38. The maximum absolute atomic E-state index is 11.6. The molecule has 0 saturated carbocycles.